The minimum atomic E-state index is 0. The molecule has 0 saturated carbocycles. The van der Waals surface area contributed by atoms with Crippen LogP contribution in [0.5, 0.6) is 0 Å². The number of aryl methyl sites for hydroxylation is 1. The summed E-state index contributed by atoms with van der Waals surface area (Å²) in [4.78, 5) is 24.5. The van der Waals surface area contributed by atoms with Crippen molar-refractivity contribution in [2.75, 3.05) is 58.3 Å². The highest BCUT2D eigenvalue weighted by molar-refractivity contribution is 14.0. The molecule has 0 aromatic carbocycles. The Morgan fingerprint density at radius 2 is 1.97 bits per heavy atom. The van der Waals surface area contributed by atoms with E-state index >= 15 is 0 Å². The Kier molecular flexibility index (Phi) is 10.0. The van der Waals surface area contributed by atoms with E-state index in [0.717, 1.165) is 74.8 Å². The zero-order chi connectivity index (χ0) is 19.8. The second kappa shape index (κ2) is 12.2. The van der Waals surface area contributed by atoms with E-state index in [0.29, 0.717) is 0 Å². The van der Waals surface area contributed by atoms with Gasteiger partial charge in [-0.05, 0) is 26.0 Å². The van der Waals surface area contributed by atoms with E-state index in [-0.39, 0.29) is 24.0 Å². The summed E-state index contributed by atoms with van der Waals surface area (Å²) < 4.78 is 0. The molecule has 0 bridgehead atoms. The van der Waals surface area contributed by atoms with E-state index in [1.165, 1.54) is 0 Å². The van der Waals surface area contributed by atoms with Crippen molar-refractivity contribution in [3.8, 4) is 0 Å². The summed E-state index contributed by atoms with van der Waals surface area (Å²) in [5.74, 6) is 1.75. The van der Waals surface area contributed by atoms with Gasteiger partial charge in [0.25, 0.3) is 0 Å². The van der Waals surface area contributed by atoms with Gasteiger partial charge in [-0.3, -0.25) is 9.89 Å². The molecule has 0 radical (unpaired) electrons. The highest BCUT2D eigenvalue weighted by Gasteiger charge is 2.18. The smallest absolute Gasteiger partial charge is 0.225 e. The molecule has 0 aliphatic carbocycles. The zero-order valence-corrected chi connectivity index (χ0v) is 20.6. The SMILES string of the molecule is CN=C(NCCCN1CCN(c2ncccn2)CC1)N(C)Cc1csc(C)n1.I. The first-order chi connectivity index (χ1) is 13.7. The molecule has 1 aliphatic rings. The van der Waals surface area contributed by atoms with Crippen LogP contribution in [0.4, 0.5) is 5.95 Å². The van der Waals surface area contributed by atoms with Crippen LogP contribution in [0.15, 0.2) is 28.8 Å². The maximum absolute atomic E-state index is 4.53. The molecule has 1 fully saturated rings. The van der Waals surface area contributed by atoms with Gasteiger partial charge in [-0.15, -0.1) is 35.3 Å². The van der Waals surface area contributed by atoms with Gasteiger partial charge in [-0.1, -0.05) is 0 Å². The summed E-state index contributed by atoms with van der Waals surface area (Å²) in [5.41, 5.74) is 1.09. The van der Waals surface area contributed by atoms with Gasteiger partial charge >= 0.3 is 0 Å². The molecule has 160 valence electrons. The van der Waals surface area contributed by atoms with E-state index in [4.69, 9.17) is 0 Å². The van der Waals surface area contributed by atoms with Gasteiger partial charge in [0.15, 0.2) is 5.96 Å². The highest BCUT2D eigenvalue weighted by Crippen LogP contribution is 2.11. The van der Waals surface area contributed by atoms with E-state index in [1.807, 2.05) is 20.0 Å². The van der Waals surface area contributed by atoms with Crippen molar-refractivity contribution in [1.29, 1.82) is 0 Å². The summed E-state index contributed by atoms with van der Waals surface area (Å²) in [6.07, 6.45) is 4.70. The van der Waals surface area contributed by atoms with Crippen molar-refractivity contribution >= 4 is 47.2 Å². The quantitative estimate of drug-likeness (QED) is 0.255. The first kappa shape index (κ1) is 23.7. The number of anilines is 1. The van der Waals surface area contributed by atoms with Crippen LogP contribution in [0.1, 0.15) is 17.1 Å². The normalized spacial score (nSPS) is 15.1. The number of piperazine rings is 1. The van der Waals surface area contributed by atoms with Crippen LogP contribution in [-0.4, -0.2) is 84.1 Å². The van der Waals surface area contributed by atoms with Gasteiger partial charge < -0.3 is 15.1 Å². The Bertz CT molecular complexity index is 746. The lowest BCUT2D eigenvalue weighted by molar-refractivity contribution is 0.254. The van der Waals surface area contributed by atoms with Gasteiger partial charge in [-0.25, -0.2) is 15.0 Å². The number of halogens is 1. The Morgan fingerprint density at radius 1 is 1.24 bits per heavy atom. The monoisotopic (exact) mass is 530 g/mol. The van der Waals surface area contributed by atoms with Gasteiger partial charge in [0.05, 0.1) is 17.2 Å². The summed E-state index contributed by atoms with van der Waals surface area (Å²) in [6.45, 7) is 8.87. The number of aromatic nitrogens is 3. The van der Waals surface area contributed by atoms with Crippen molar-refractivity contribution in [2.45, 2.75) is 19.9 Å². The lowest BCUT2D eigenvalue weighted by atomic mass is 10.3. The fourth-order valence-electron chi connectivity index (χ4n) is 3.31. The lowest BCUT2D eigenvalue weighted by Crippen LogP contribution is -2.47. The van der Waals surface area contributed by atoms with Crippen LogP contribution < -0.4 is 10.2 Å². The van der Waals surface area contributed by atoms with Gasteiger partial charge in [0.2, 0.25) is 5.95 Å². The number of hydrogen-bond acceptors (Lipinski definition) is 7. The summed E-state index contributed by atoms with van der Waals surface area (Å²) in [7, 11) is 3.88. The Morgan fingerprint density at radius 3 is 2.59 bits per heavy atom. The van der Waals surface area contributed by atoms with Gasteiger partial charge in [0.1, 0.15) is 0 Å². The second-order valence-electron chi connectivity index (χ2n) is 6.92. The number of nitrogens with zero attached hydrogens (tertiary/aromatic N) is 7. The van der Waals surface area contributed by atoms with Crippen molar-refractivity contribution in [3.05, 3.63) is 34.5 Å². The fraction of sp³-hybridized carbons (Fsp3) is 0.579. The van der Waals surface area contributed by atoms with Crippen molar-refractivity contribution in [2.24, 2.45) is 4.99 Å². The third-order valence-corrected chi connectivity index (χ3v) is 5.60. The Hall–Kier alpha value is -1.53. The van der Waals surface area contributed by atoms with Crippen LogP contribution in [-0.2, 0) is 6.54 Å². The predicted octanol–water partition coefficient (Wildman–Crippen LogP) is 2.08. The number of thiazole rings is 1. The van der Waals surface area contributed by atoms with Crippen LogP contribution >= 0.6 is 35.3 Å². The first-order valence-electron chi connectivity index (χ1n) is 9.73. The molecule has 0 spiro atoms. The molecule has 1 aliphatic heterocycles. The minimum Gasteiger partial charge on any atom is -0.356 e. The zero-order valence-electron chi connectivity index (χ0n) is 17.4. The molecular formula is C19H31IN8S. The number of nitrogens with one attached hydrogen (secondary N) is 1. The number of guanidine groups is 1. The lowest BCUT2D eigenvalue weighted by Gasteiger charge is -2.34. The highest BCUT2D eigenvalue weighted by atomic mass is 127. The summed E-state index contributed by atoms with van der Waals surface area (Å²) >= 11 is 1.69. The molecule has 1 N–H and O–H groups in total. The molecule has 8 nitrogen and oxygen atoms in total. The number of rotatable bonds is 7. The summed E-state index contributed by atoms with van der Waals surface area (Å²) in [5, 5.41) is 6.68. The maximum Gasteiger partial charge on any atom is 0.225 e. The van der Waals surface area contributed by atoms with Crippen LogP contribution in [0.3, 0.4) is 0 Å². The van der Waals surface area contributed by atoms with Gasteiger partial charge in [0, 0.05) is 64.6 Å². The molecule has 10 heteroatoms. The molecule has 0 amide bonds. The summed E-state index contributed by atoms with van der Waals surface area (Å²) in [6, 6.07) is 1.86. The molecule has 2 aromatic rings. The van der Waals surface area contributed by atoms with Crippen molar-refractivity contribution in [1.82, 2.24) is 30.1 Å². The first-order valence-corrected chi connectivity index (χ1v) is 10.6. The second-order valence-corrected chi connectivity index (χ2v) is 7.98. The molecular weight excluding hydrogens is 499 g/mol. The fourth-order valence-corrected chi connectivity index (χ4v) is 3.92. The van der Waals surface area contributed by atoms with Gasteiger partial charge in [-0.2, -0.15) is 0 Å². The van der Waals surface area contributed by atoms with Crippen LogP contribution in [0, 0.1) is 6.92 Å². The third kappa shape index (κ3) is 7.34. The van der Waals surface area contributed by atoms with E-state index in [2.05, 4.69) is 52.4 Å². The van der Waals surface area contributed by atoms with Crippen LogP contribution in [0.25, 0.3) is 0 Å². The molecule has 3 rings (SSSR count). The third-order valence-electron chi connectivity index (χ3n) is 4.78. The topological polar surface area (TPSA) is 72.8 Å². The largest absolute Gasteiger partial charge is 0.356 e. The number of hydrogen-bond donors (Lipinski definition) is 1. The number of aliphatic imine (C=N–C) groups is 1. The van der Waals surface area contributed by atoms with E-state index in [1.54, 1.807) is 23.7 Å². The molecule has 3 heterocycles. The standard InChI is InChI=1S/C19H30N8S.HI/c1-16-24-17(15-28-16)14-25(3)18(20-2)21-8-5-9-26-10-12-27(13-11-26)19-22-6-4-7-23-19;/h4,6-7,15H,5,8-14H2,1-3H3,(H,20,21);1H. The Balaban J connectivity index is 0.00000300. The molecule has 2 aromatic heterocycles. The predicted molar refractivity (Wildman–Crippen MR) is 130 cm³/mol. The molecule has 0 unspecified atom stereocenters. The Labute approximate surface area is 194 Å². The van der Waals surface area contributed by atoms with E-state index < -0.39 is 0 Å². The van der Waals surface area contributed by atoms with Crippen molar-refractivity contribution < 1.29 is 0 Å². The van der Waals surface area contributed by atoms with E-state index in [9.17, 15) is 0 Å². The van der Waals surface area contributed by atoms with Crippen LogP contribution in [0.2, 0.25) is 0 Å². The molecule has 29 heavy (non-hydrogen) atoms. The maximum atomic E-state index is 4.53. The average molecular weight is 530 g/mol. The van der Waals surface area contributed by atoms with Crippen molar-refractivity contribution in [3.63, 3.8) is 0 Å². The average Bonchev–Trinajstić information content (AvgIpc) is 3.13. The molecule has 1 saturated heterocycles. The minimum absolute atomic E-state index is 0. The molecule has 0 atom stereocenters.